The molecule has 0 atom stereocenters. The second kappa shape index (κ2) is 4.63. The van der Waals surface area contributed by atoms with Crippen LogP contribution in [0.1, 0.15) is 22.8 Å². The van der Waals surface area contributed by atoms with Crippen LogP contribution in [0.25, 0.3) is 0 Å². The van der Waals surface area contributed by atoms with Gasteiger partial charge >= 0.3 is 5.97 Å². The third-order valence-electron chi connectivity index (χ3n) is 2.25. The van der Waals surface area contributed by atoms with Crippen molar-refractivity contribution in [2.45, 2.75) is 18.2 Å². The van der Waals surface area contributed by atoms with Gasteiger partial charge in [-0.25, -0.2) is 17.9 Å². The molecule has 0 unspecified atom stereocenters. The van der Waals surface area contributed by atoms with Crippen LogP contribution in [0.2, 0.25) is 0 Å². The Labute approximate surface area is 94.2 Å². The molecular weight excluding hydrogens is 230 g/mol. The van der Waals surface area contributed by atoms with E-state index in [9.17, 15) is 13.2 Å². The molecule has 0 heterocycles. The highest BCUT2D eigenvalue weighted by atomic mass is 32.2. The van der Waals surface area contributed by atoms with Crippen LogP contribution in [0.15, 0.2) is 23.1 Å². The molecule has 0 aromatic heterocycles. The molecule has 5 nitrogen and oxygen atoms in total. The molecule has 0 aliphatic carbocycles. The molecule has 0 radical (unpaired) electrons. The summed E-state index contributed by atoms with van der Waals surface area (Å²) in [5.74, 6) is -1.14. The maximum atomic E-state index is 11.7. The first-order chi connectivity index (χ1) is 7.42. The lowest BCUT2D eigenvalue weighted by Gasteiger charge is -2.08. The van der Waals surface area contributed by atoms with Crippen molar-refractivity contribution >= 4 is 16.0 Å². The normalized spacial score (nSPS) is 11.4. The van der Waals surface area contributed by atoms with Crippen LogP contribution in [0, 0.1) is 0 Å². The van der Waals surface area contributed by atoms with E-state index in [0.29, 0.717) is 12.0 Å². The second-order valence-electron chi connectivity index (χ2n) is 3.19. The average molecular weight is 243 g/mol. The SMILES string of the molecule is CCc1ccc(C(=O)O)cc1S(=O)(=O)NC. The van der Waals surface area contributed by atoms with Gasteiger partial charge in [-0.1, -0.05) is 13.0 Å². The Morgan fingerprint density at radius 1 is 1.44 bits per heavy atom. The van der Waals surface area contributed by atoms with E-state index in [1.165, 1.54) is 25.2 Å². The van der Waals surface area contributed by atoms with Gasteiger partial charge in [0.25, 0.3) is 0 Å². The molecule has 1 rings (SSSR count). The minimum atomic E-state index is -3.61. The molecule has 0 saturated heterocycles. The van der Waals surface area contributed by atoms with Crippen LogP contribution in [0.5, 0.6) is 0 Å². The van der Waals surface area contributed by atoms with E-state index in [0.717, 1.165) is 0 Å². The van der Waals surface area contributed by atoms with Gasteiger partial charge in [0, 0.05) is 0 Å². The molecule has 1 aromatic carbocycles. The molecular formula is C10H13NO4S. The van der Waals surface area contributed by atoms with Gasteiger partial charge in [0.05, 0.1) is 10.5 Å². The Hall–Kier alpha value is -1.40. The number of carboxylic acids is 1. The maximum Gasteiger partial charge on any atom is 0.335 e. The fourth-order valence-corrected chi connectivity index (χ4v) is 2.40. The summed E-state index contributed by atoms with van der Waals surface area (Å²) < 4.78 is 25.5. The number of sulfonamides is 1. The Kier molecular flexibility index (Phi) is 3.66. The standard InChI is InChI=1S/C10H13NO4S/c1-3-7-4-5-8(10(12)13)6-9(7)16(14,15)11-2/h4-6,11H,3H2,1-2H3,(H,12,13). The van der Waals surface area contributed by atoms with Gasteiger partial charge in [0.2, 0.25) is 10.0 Å². The van der Waals surface area contributed by atoms with Crippen LogP contribution >= 0.6 is 0 Å². The van der Waals surface area contributed by atoms with E-state index >= 15 is 0 Å². The number of aromatic carboxylic acids is 1. The minimum Gasteiger partial charge on any atom is -0.478 e. The van der Waals surface area contributed by atoms with E-state index in [2.05, 4.69) is 4.72 Å². The van der Waals surface area contributed by atoms with Crippen molar-refractivity contribution in [2.75, 3.05) is 7.05 Å². The molecule has 1 aromatic rings. The molecule has 2 N–H and O–H groups in total. The summed E-state index contributed by atoms with van der Waals surface area (Å²) in [5, 5.41) is 8.80. The van der Waals surface area contributed by atoms with Crippen LogP contribution in [0.4, 0.5) is 0 Å². The Morgan fingerprint density at radius 2 is 2.06 bits per heavy atom. The summed E-state index contributed by atoms with van der Waals surface area (Å²) in [6.45, 7) is 1.81. The Bertz CT molecular complexity index is 508. The number of nitrogens with one attached hydrogen (secondary N) is 1. The van der Waals surface area contributed by atoms with Gasteiger partial charge < -0.3 is 5.11 Å². The Balaban J connectivity index is 3.45. The van der Waals surface area contributed by atoms with Gasteiger partial charge in [0.1, 0.15) is 0 Å². The minimum absolute atomic E-state index is 0.0254. The van der Waals surface area contributed by atoms with Crippen molar-refractivity contribution in [1.82, 2.24) is 4.72 Å². The number of hydrogen-bond acceptors (Lipinski definition) is 3. The highest BCUT2D eigenvalue weighted by molar-refractivity contribution is 7.89. The largest absolute Gasteiger partial charge is 0.478 e. The quantitative estimate of drug-likeness (QED) is 0.821. The van der Waals surface area contributed by atoms with Crippen LogP contribution < -0.4 is 4.72 Å². The molecule has 0 bridgehead atoms. The van der Waals surface area contributed by atoms with Crippen LogP contribution in [-0.2, 0) is 16.4 Å². The summed E-state index contributed by atoms with van der Waals surface area (Å²) in [6, 6.07) is 4.09. The van der Waals surface area contributed by atoms with Gasteiger partial charge in [-0.2, -0.15) is 0 Å². The first kappa shape index (κ1) is 12.7. The zero-order chi connectivity index (χ0) is 12.3. The highest BCUT2D eigenvalue weighted by Crippen LogP contribution is 2.18. The number of carboxylic acid groups (broad SMARTS) is 1. The van der Waals surface area contributed by atoms with E-state index in [1.54, 1.807) is 0 Å². The molecule has 88 valence electrons. The smallest absolute Gasteiger partial charge is 0.335 e. The predicted octanol–water partition coefficient (Wildman–Crippen LogP) is 0.855. The molecule has 0 amide bonds. The fraction of sp³-hybridized carbons (Fsp3) is 0.300. The maximum absolute atomic E-state index is 11.7. The topological polar surface area (TPSA) is 83.5 Å². The average Bonchev–Trinajstić information content (AvgIpc) is 2.28. The molecule has 0 aliphatic rings. The van der Waals surface area contributed by atoms with E-state index in [-0.39, 0.29) is 10.5 Å². The van der Waals surface area contributed by atoms with E-state index in [1.807, 2.05) is 6.92 Å². The lowest BCUT2D eigenvalue weighted by molar-refractivity contribution is 0.0696. The first-order valence-electron chi connectivity index (χ1n) is 4.72. The summed E-state index contributed by atoms with van der Waals surface area (Å²) in [7, 11) is -2.32. The van der Waals surface area contributed by atoms with Crippen molar-refractivity contribution in [3.05, 3.63) is 29.3 Å². The zero-order valence-corrected chi connectivity index (χ0v) is 9.84. The zero-order valence-electron chi connectivity index (χ0n) is 9.02. The second-order valence-corrected chi connectivity index (χ2v) is 5.04. The molecule has 0 aliphatic heterocycles. The van der Waals surface area contributed by atoms with Gasteiger partial charge in [0.15, 0.2) is 0 Å². The van der Waals surface area contributed by atoms with Crippen LogP contribution in [0.3, 0.4) is 0 Å². The third-order valence-corrected chi connectivity index (χ3v) is 3.75. The molecule has 16 heavy (non-hydrogen) atoms. The number of benzene rings is 1. The van der Waals surface area contributed by atoms with Gasteiger partial charge in [-0.3, -0.25) is 0 Å². The lowest BCUT2D eigenvalue weighted by atomic mass is 10.1. The number of rotatable bonds is 4. The van der Waals surface area contributed by atoms with Crippen molar-refractivity contribution in [3.8, 4) is 0 Å². The fourth-order valence-electron chi connectivity index (χ4n) is 1.34. The number of hydrogen-bond donors (Lipinski definition) is 2. The molecule has 6 heteroatoms. The van der Waals surface area contributed by atoms with Crippen molar-refractivity contribution in [3.63, 3.8) is 0 Å². The van der Waals surface area contributed by atoms with Crippen LogP contribution in [-0.4, -0.2) is 26.5 Å². The van der Waals surface area contributed by atoms with Crippen molar-refractivity contribution in [2.24, 2.45) is 0 Å². The monoisotopic (exact) mass is 243 g/mol. The summed E-state index contributed by atoms with van der Waals surface area (Å²) >= 11 is 0. The highest BCUT2D eigenvalue weighted by Gasteiger charge is 2.17. The van der Waals surface area contributed by atoms with Gasteiger partial charge in [-0.05, 0) is 31.2 Å². The lowest BCUT2D eigenvalue weighted by Crippen LogP contribution is -2.20. The predicted molar refractivity (Wildman–Crippen MR) is 59.0 cm³/mol. The summed E-state index contributed by atoms with van der Waals surface area (Å²) in [6.07, 6.45) is 0.524. The summed E-state index contributed by atoms with van der Waals surface area (Å²) in [4.78, 5) is 10.8. The van der Waals surface area contributed by atoms with E-state index < -0.39 is 16.0 Å². The first-order valence-corrected chi connectivity index (χ1v) is 6.20. The molecule has 0 spiro atoms. The van der Waals surface area contributed by atoms with Crippen molar-refractivity contribution in [1.29, 1.82) is 0 Å². The molecule has 0 fully saturated rings. The summed E-state index contributed by atoms with van der Waals surface area (Å²) in [5.41, 5.74) is 0.561. The third kappa shape index (κ3) is 2.40. The Morgan fingerprint density at radius 3 is 2.50 bits per heavy atom. The van der Waals surface area contributed by atoms with E-state index in [4.69, 9.17) is 5.11 Å². The number of carbonyl (C=O) groups is 1. The number of aryl methyl sites for hydroxylation is 1. The van der Waals surface area contributed by atoms with Gasteiger partial charge in [-0.15, -0.1) is 0 Å². The van der Waals surface area contributed by atoms with Crippen molar-refractivity contribution < 1.29 is 18.3 Å². The molecule has 0 saturated carbocycles.